The molecule has 0 aliphatic carbocycles. The van der Waals surface area contributed by atoms with Crippen LogP contribution in [-0.4, -0.2) is 52.1 Å². The minimum atomic E-state index is -0.0155. The number of fused-ring (bicyclic) bond motifs is 1. The number of carbonyl (C=O) groups excluding carboxylic acids is 1. The number of H-pyrrole nitrogens is 1. The van der Waals surface area contributed by atoms with Crippen molar-refractivity contribution in [3.05, 3.63) is 84.1 Å². The van der Waals surface area contributed by atoms with Crippen LogP contribution in [0.15, 0.2) is 67.4 Å². The van der Waals surface area contributed by atoms with Crippen LogP contribution >= 0.6 is 0 Å². The number of ether oxygens (including phenoxy) is 1. The van der Waals surface area contributed by atoms with Crippen LogP contribution in [-0.2, 0) is 4.74 Å². The van der Waals surface area contributed by atoms with Crippen LogP contribution in [0.4, 0.5) is 5.82 Å². The summed E-state index contributed by atoms with van der Waals surface area (Å²) in [7, 11) is 0. The molecule has 1 aliphatic heterocycles. The molecule has 5 rings (SSSR count). The first-order chi connectivity index (χ1) is 16.2. The number of carbonyl (C=O) groups is 1. The van der Waals surface area contributed by atoms with Crippen LogP contribution in [0.2, 0.25) is 0 Å². The van der Waals surface area contributed by atoms with Crippen LogP contribution in [0.3, 0.4) is 0 Å². The number of nitrogens with one attached hydrogen (secondary N) is 2. The average molecular weight is 440 g/mol. The average Bonchev–Trinajstić information content (AvgIpc) is 3.33. The maximum Gasteiger partial charge on any atom is 0.255 e. The molecule has 33 heavy (non-hydrogen) atoms. The minimum absolute atomic E-state index is 0.0155. The fraction of sp³-hybridized carbons (Fsp3) is 0.192. The SMILES string of the molecule is Cc1cc(-c2cncc(C(=O)N3CCOCC3)c2)cnc1N/C=C/c1ccc2cc[nH]c2c1. The van der Waals surface area contributed by atoms with Crippen molar-refractivity contribution in [3.8, 4) is 11.1 Å². The normalized spacial score (nSPS) is 14.2. The van der Waals surface area contributed by atoms with Gasteiger partial charge < -0.3 is 19.9 Å². The molecule has 0 unspecified atom stereocenters. The highest BCUT2D eigenvalue weighted by Crippen LogP contribution is 2.24. The fourth-order valence-electron chi connectivity index (χ4n) is 3.93. The fourth-order valence-corrected chi connectivity index (χ4v) is 3.93. The Morgan fingerprint density at radius 1 is 1.09 bits per heavy atom. The summed E-state index contributed by atoms with van der Waals surface area (Å²) < 4.78 is 5.34. The topological polar surface area (TPSA) is 83.1 Å². The Morgan fingerprint density at radius 2 is 1.94 bits per heavy atom. The Bertz CT molecular complexity index is 1320. The van der Waals surface area contributed by atoms with Crippen LogP contribution in [0.5, 0.6) is 0 Å². The maximum atomic E-state index is 12.8. The first-order valence-electron chi connectivity index (χ1n) is 11.0. The van der Waals surface area contributed by atoms with Gasteiger partial charge in [0.2, 0.25) is 0 Å². The number of pyridine rings is 2. The lowest BCUT2D eigenvalue weighted by Gasteiger charge is -2.26. The Hall–Kier alpha value is -3.97. The van der Waals surface area contributed by atoms with E-state index in [4.69, 9.17) is 4.74 Å². The number of hydrogen-bond acceptors (Lipinski definition) is 5. The molecular weight excluding hydrogens is 414 g/mol. The van der Waals surface area contributed by atoms with Gasteiger partial charge in [0.25, 0.3) is 5.91 Å². The van der Waals surface area contributed by atoms with Crippen molar-refractivity contribution in [1.29, 1.82) is 0 Å². The number of amides is 1. The lowest BCUT2D eigenvalue weighted by atomic mass is 10.1. The van der Waals surface area contributed by atoms with Gasteiger partial charge in [-0.05, 0) is 53.8 Å². The van der Waals surface area contributed by atoms with Crippen LogP contribution in [0, 0.1) is 6.92 Å². The van der Waals surface area contributed by atoms with Gasteiger partial charge in [0.15, 0.2) is 0 Å². The highest BCUT2D eigenvalue weighted by Gasteiger charge is 2.19. The molecule has 2 N–H and O–H groups in total. The third-order valence-electron chi connectivity index (χ3n) is 5.77. The Kier molecular flexibility index (Phi) is 5.87. The van der Waals surface area contributed by atoms with Gasteiger partial charge in [0.05, 0.1) is 18.8 Å². The number of benzene rings is 1. The molecule has 3 aromatic heterocycles. The van der Waals surface area contributed by atoms with E-state index in [-0.39, 0.29) is 5.91 Å². The predicted molar refractivity (Wildman–Crippen MR) is 130 cm³/mol. The van der Waals surface area contributed by atoms with E-state index in [0.29, 0.717) is 31.9 Å². The Balaban J connectivity index is 1.29. The second-order valence-electron chi connectivity index (χ2n) is 8.06. The van der Waals surface area contributed by atoms with Gasteiger partial charge in [-0.3, -0.25) is 9.78 Å². The molecular formula is C26H25N5O2. The van der Waals surface area contributed by atoms with Crippen molar-refractivity contribution in [3.63, 3.8) is 0 Å². The highest BCUT2D eigenvalue weighted by atomic mass is 16.5. The van der Waals surface area contributed by atoms with E-state index in [1.807, 2.05) is 37.5 Å². The molecule has 0 atom stereocenters. The smallest absolute Gasteiger partial charge is 0.255 e. The summed E-state index contributed by atoms with van der Waals surface area (Å²) in [6.07, 6.45) is 11.0. The van der Waals surface area contributed by atoms with Crippen molar-refractivity contribution >= 4 is 28.7 Å². The molecule has 0 saturated carbocycles. The zero-order chi connectivity index (χ0) is 22.6. The summed E-state index contributed by atoms with van der Waals surface area (Å²) in [5.74, 6) is 0.766. The van der Waals surface area contributed by atoms with E-state index in [1.54, 1.807) is 23.5 Å². The zero-order valence-electron chi connectivity index (χ0n) is 18.4. The van der Waals surface area contributed by atoms with Gasteiger partial charge in [0, 0.05) is 60.7 Å². The summed E-state index contributed by atoms with van der Waals surface area (Å²) in [5.41, 5.74) is 5.57. The first kappa shape index (κ1) is 20.9. The molecule has 1 aliphatic rings. The minimum Gasteiger partial charge on any atom is -0.378 e. The third kappa shape index (κ3) is 4.63. The Labute approximate surface area is 192 Å². The predicted octanol–water partition coefficient (Wildman–Crippen LogP) is 4.49. The van der Waals surface area contributed by atoms with E-state index in [0.717, 1.165) is 33.6 Å². The number of nitrogens with zero attached hydrogens (tertiary/aromatic N) is 3. The first-order valence-corrected chi connectivity index (χ1v) is 11.0. The highest BCUT2D eigenvalue weighted by molar-refractivity contribution is 5.95. The number of anilines is 1. The molecule has 1 aromatic carbocycles. The van der Waals surface area contributed by atoms with Crippen molar-refractivity contribution in [2.75, 3.05) is 31.6 Å². The van der Waals surface area contributed by atoms with E-state index in [2.05, 4.69) is 44.5 Å². The van der Waals surface area contributed by atoms with Crippen molar-refractivity contribution in [2.45, 2.75) is 6.92 Å². The van der Waals surface area contributed by atoms with Crippen LogP contribution in [0.1, 0.15) is 21.5 Å². The number of aromatic amines is 1. The molecule has 4 heterocycles. The molecule has 0 radical (unpaired) electrons. The molecule has 166 valence electrons. The summed E-state index contributed by atoms with van der Waals surface area (Å²) in [6, 6.07) is 12.3. The molecule has 7 nitrogen and oxygen atoms in total. The largest absolute Gasteiger partial charge is 0.378 e. The Morgan fingerprint density at radius 3 is 2.79 bits per heavy atom. The van der Waals surface area contributed by atoms with Gasteiger partial charge in [0.1, 0.15) is 5.82 Å². The molecule has 1 amide bonds. The summed E-state index contributed by atoms with van der Waals surface area (Å²) in [5, 5.41) is 4.46. The van der Waals surface area contributed by atoms with E-state index in [1.165, 1.54) is 5.39 Å². The lowest BCUT2D eigenvalue weighted by molar-refractivity contribution is 0.0302. The van der Waals surface area contributed by atoms with Gasteiger partial charge in [-0.2, -0.15) is 0 Å². The monoisotopic (exact) mass is 439 g/mol. The van der Waals surface area contributed by atoms with Crippen LogP contribution < -0.4 is 5.32 Å². The van der Waals surface area contributed by atoms with Crippen LogP contribution in [0.25, 0.3) is 28.1 Å². The second kappa shape index (κ2) is 9.26. The second-order valence-corrected chi connectivity index (χ2v) is 8.06. The number of aryl methyl sites for hydroxylation is 1. The van der Waals surface area contributed by atoms with Gasteiger partial charge in [-0.15, -0.1) is 0 Å². The molecule has 0 spiro atoms. The molecule has 1 fully saturated rings. The lowest BCUT2D eigenvalue weighted by Crippen LogP contribution is -2.40. The number of rotatable bonds is 5. The van der Waals surface area contributed by atoms with Crippen molar-refractivity contribution < 1.29 is 9.53 Å². The van der Waals surface area contributed by atoms with Crippen molar-refractivity contribution in [2.24, 2.45) is 0 Å². The number of hydrogen-bond donors (Lipinski definition) is 2. The summed E-state index contributed by atoms with van der Waals surface area (Å²) >= 11 is 0. The molecule has 4 aromatic rings. The van der Waals surface area contributed by atoms with E-state index in [9.17, 15) is 4.79 Å². The quantitative estimate of drug-likeness (QED) is 0.479. The van der Waals surface area contributed by atoms with Gasteiger partial charge in [-0.25, -0.2) is 4.98 Å². The van der Waals surface area contributed by atoms with Gasteiger partial charge >= 0.3 is 0 Å². The summed E-state index contributed by atoms with van der Waals surface area (Å²) in [4.78, 5) is 26.7. The zero-order valence-corrected chi connectivity index (χ0v) is 18.4. The van der Waals surface area contributed by atoms with Gasteiger partial charge in [-0.1, -0.05) is 12.1 Å². The van der Waals surface area contributed by atoms with E-state index < -0.39 is 0 Å². The molecule has 1 saturated heterocycles. The number of aromatic nitrogens is 3. The molecule has 0 bridgehead atoms. The maximum absolute atomic E-state index is 12.8. The number of morpholine rings is 1. The standard InChI is InChI=1S/C26H25N5O2/c1-18-12-21(22-14-23(16-27-15-22)26(32)31-8-10-33-11-9-31)17-30-25(18)29-6-4-19-2-3-20-5-7-28-24(20)13-19/h2-7,12-17,28H,8-11H2,1H3,(H,29,30)/b6-4+. The molecule has 7 heteroatoms. The van der Waals surface area contributed by atoms with E-state index >= 15 is 0 Å². The summed E-state index contributed by atoms with van der Waals surface area (Å²) in [6.45, 7) is 4.37. The van der Waals surface area contributed by atoms with Crippen molar-refractivity contribution in [1.82, 2.24) is 19.9 Å². The third-order valence-corrected chi connectivity index (χ3v) is 5.77.